The molecule has 1 aromatic carbocycles. The standard InChI is InChI=1S/C15H14N2O2S/c1-11(18)17(14-5-3-13(16)4-6-14)15(19)7-2-12-8-9-20-10-12/h2-10H,16H2,1H3/b7-2+. The first-order chi connectivity index (χ1) is 9.58. The average molecular weight is 286 g/mol. The molecule has 5 heteroatoms. The van der Waals surface area contributed by atoms with Gasteiger partial charge in [-0.05, 0) is 52.7 Å². The molecule has 1 aromatic heterocycles. The second kappa shape index (κ2) is 6.16. The summed E-state index contributed by atoms with van der Waals surface area (Å²) in [6.07, 6.45) is 3.08. The summed E-state index contributed by atoms with van der Waals surface area (Å²) in [4.78, 5) is 24.9. The number of imide groups is 1. The van der Waals surface area contributed by atoms with E-state index in [-0.39, 0.29) is 11.8 Å². The van der Waals surface area contributed by atoms with Crippen molar-refractivity contribution in [3.05, 3.63) is 52.7 Å². The summed E-state index contributed by atoms with van der Waals surface area (Å²) in [7, 11) is 0. The Morgan fingerprint density at radius 3 is 2.45 bits per heavy atom. The zero-order valence-electron chi connectivity index (χ0n) is 10.9. The fourth-order valence-corrected chi connectivity index (χ4v) is 2.33. The molecule has 102 valence electrons. The fraction of sp³-hybridized carbons (Fsp3) is 0.0667. The summed E-state index contributed by atoms with van der Waals surface area (Å²) in [5, 5.41) is 3.85. The summed E-state index contributed by atoms with van der Waals surface area (Å²) >= 11 is 1.55. The molecule has 2 amide bonds. The highest BCUT2D eigenvalue weighted by molar-refractivity contribution is 7.08. The van der Waals surface area contributed by atoms with Crippen LogP contribution in [0.5, 0.6) is 0 Å². The number of nitrogens with two attached hydrogens (primary N) is 1. The maximum atomic E-state index is 12.2. The minimum absolute atomic E-state index is 0.338. The van der Waals surface area contributed by atoms with Gasteiger partial charge in [0.1, 0.15) is 0 Å². The van der Waals surface area contributed by atoms with Crippen molar-refractivity contribution in [1.82, 2.24) is 0 Å². The van der Waals surface area contributed by atoms with Crippen LogP contribution in [0, 0.1) is 0 Å². The predicted octanol–water partition coefficient (Wildman–Crippen LogP) is 2.92. The Kier molecular flexibility index (Phi) is 4.32. The fourth-order valence-electron chi connectivity index (χ4n) is 1.70. The second-order valence-corrected chi connectivity index (χ2v) is 4.95. The van der Waals surface area contributed by atoms with E-state index in [1.54, 1.807) is 41.7 Å². The zero-order chi connectivity index (χ0) is 14.5. The molecule has 0 atom stereocenters. The highest BCUT2D eigenvalue weighted by Gasteiger charge is 2.17. The van der Waals surface area contributed by atoms with Crippen molar-refractivity contribution in [3.63, 3.8) is 0 Å². The van der Waals surface area contributed by atoms with Crippen LogP contribution in [-0.2, 0) is 9.59 Å². The first kappa shape index (κ1) is 14.0. The molecule has 0 radical (unpaired) electrons. The van der Waals surface area contributed by atoms with E-state index in [0.29, 0.717) is 11.4 Å². The number of anilines is 2. The molecule has 2 aromatic rings. The molecule has 2 rings (SSSR count). The molecule has 20 heavy (non-hydrogen) atoms. The van der Waals surface area contributed by atoms with E-state index in [4.69, 9.17) is 5.73 Å². The molecule has 0 spiro atoms. The number of carbonyl (C=O) groups is 2. The Balaban J connectivity index is 2.22. The third-order valence-corrected chi connectivity index (χ3v) is 3.35. The molecule has 0 saturated carbocycles. The first-order valence-electron chi connectivity index (χ1n) is 5.98. The van der Waals surface area contributed by atoms with Crippen molar-refractivity contribution in [2.75, 3.05) is 10.6 Å². The molecule has 1 heterocycles. The van der Waals surface area contributed by atoms with Crippen LogP contribution >= 0.6 is 11.3 Å². The quantitative estimate of drug-likeness (QED) is 0.697. The van der Waals surface area contributed by atoms with E-state index in [1.807, 2.05) is 16.8 Å². The molecule has 4 nitrogen and oxygen atoms in total. The molecule has 0 bridgehead atoms. The monoisotopic (exact) mass is 286 g/mol. The van der Waals surface area contributed by atoms with Gasteiger partial charge in [-0.1, -0.05) is 0 Å². The van der Waals surface area contributed by atoms with Gasteiger partial charge in [0.15, 0.2) is 0 Å². The number of hydrogen-bond acceptors (Lipinski definition) is 4. The lowest BCUT2D eigenvalue weighted by molar-refractivity contribution is -0.122. The molecule has 0 aliphatic heterocycles. The lowest BCUT2D eigenvalue weighted by atomic mass is 10.2. The Labute approximate surface area is 121 Å². The predicted molar refractivity (Wildman–Crippen MR) is 82.4 cm³/mol. The Morgan fingerprint density at radius 2 is 1.90 bits per heavy atom. The molecule has 0 aliphatic carbocycles. The highest BCUT2D eigenvalue weighted by atomic mass is 32.1. The number of hydrogen-bond donors (Lipinski definition) is 1. The van der Waals surface area contributed by atoms with Gasteiger partial charge in [0.05, 0.1) is 5.69 Å². The van der Waals surface area contributed by atoms with Gasteiger partial charge >= 0.3 is 0 Å². The minimum Gasteiger partial charge on any atom is -0.399 e. The lowest BCUT2D eigenvalue weighted by Gasteiger charge is -2.17. The Hall–Kier alpha value is -2.40. The summed E-state index contributed by atoms with van der Waals surface area (Å²) in [5.41, 5.74) is 7.62. The van der Waals surface area contributed by atoms with E-state index in [1.165, 1.54) is 13.0 Å². The lowest BCUT2D eigenvalue weighted by Crippen LogP contribution is -2.33. The molecular weight excluding hydrogens is 272 g/mol. The number of amides is 2. The molecule has 0 saturated heterocycles. The van der Waals surface area contributed by atoms with Gasteiger partial charge in [-0.3, -0.25) is 9.59 Å². The molecule has 0 aliphatic rings. The smallest absolute Gasteiger partial charge is 0.257 e. The maximum Gasteiger partial charge on any atom is 0.257 e. The summed E-state index contributed by atoms with van der Waals surface area (Å²) in [6, 6.07) is 8.50. The number of carbonyl (C=O) groups excluding carboxylic acids is 2. The average Bonchev–Trinajstić information content (AvgIpc) is 2.92. The SMILES string of the molecule is CC(=O)N(C(=O)/C=C/c1ccsc1)c1ccc(N)cc1. The van der Waals surface area contributed by atoms with Gasteiger partial charge in [0.2, 0.25) is 5.91 Å². The van der Waals surface area contributed by atoms with E-state index in [0.717, 1.165) is 10.5 Å². The third kappa shape index (κ3) is 3.33. The largest absolute Gasteiger partial charge is 0.399 e. The van der Waals surface area contributed by atoms with Crippen LogP contribution in [0.25, 0.3) is 6.08 Å². The normalized spacial score (nSPS) is 10.7. The van der Waals surface area contributed by atoms with Crippen molar-refractivity contribution in [2.24, 2.45) is 0 Å². The van der Waals surface area contributed by atoms with Crippen LogP contribution in [0.2, 0.25) is 0 Å². The molecule has 0 unspecified atom stereocenters. The maximum absolute atomic E-state index is 12.2. The first-order valence-corrected chi connectivity index (χ1v) is 6.92. The summed E-state index contributed by atoms with van der Waals surface area (Å²) in [5.74, 6) is -0.719. The van der Waals surface area contributed by atoms with E-state index in [2.05, 4.69) is 0 Å². The molecule has 2 N–H and O–H groups in total. The van der Waals surface area contributed by atoms with Crippen LogP contribution < -0.4 is 10.6 Å². The number of thiophene rings is 1. The third-order valence-electron chi connectivity index (χ3n) is 2.65. The zero-order valence-corrected chi connectivity index (χ0v) is 11.8. The van der Waals surface area contributed by atoms with Gasteiger partial charge < -0.3 is 5.73 Å². The summed E-state index contributed by atoms with van der Waals surface area (Å²) in [6.45, 7) is 1.35. The Morgan fingerprint density at radius 1 is 1.20 bits per heavy atom. The number of nitrogen functional groups attached to an aromatic ring is 1. The number of rotatable bonds is 3. The van der Waals surface area contributed by atoms with E-state index < -0.39 is 0 Å². The highest BCUT2D eigenvalue weighted by Crippen LogP contribution is 2.17. The Bertz CT molecular complexity index is 630. The van der Waals surface area contributed by atoms with Crippen molar-refractivity contribution < 1.29 is 9.59 Å². The van der Waals surface area contributed by atoms with E-state index >= 15 is 0 Å². The molecule has 0 fully saturated rings. The van der Waals surface area contributed by atoms with Gasteiger partial charge in [0.25, 0.3) is 5.91 Å². The molecular formula is C15H14N2O2S. The van der Waals surface area contributed by atoms with Crippen LogP contribution in [-0.4, -0.2) is 11.8 Å². The van der Waals surface area contributed by atoms with Crippen molar-refractivity contribution in [2.45, 2.75) is 6.92 Å². The van der Waals surface area contributed by atoms with Gasteiger partial charge in [-0.15, -0.1) is 0 Å². The second-order valence-electron chi connectivity index (χ2n) is 4.17. The van der Waals surface area contributed by atoms with Crippen molar-refractivity contribution >= 4 is 40.6 Å². The summed E-state index contributed by atoms with van der Waals surface area (Å²) < 4.78 is 0. The van der Waals surface area contributed by atoms with E-state index in [9.17, 15) is 9.59 Å². The van der Waals surface area contributed by atoms with Gasteiger partial charge in [-0.25, -0.2) is 4.90 Å². The van der Waals surface area contributed by atoms with Crippen LogP contribution in [0.15, 0.2) is 47.2 Å². The van der Waals surface area contributed by atoms with Crippen LogP contribution in [0.4, 0.5) is 11.4 Å². The van der Waals surface area contributed by atoms with Gasteiger partial charge in [-0.2, -0.15) is 11.3 Å². The topological polar surface area (TPSA) is 63.4 Å². The number of nitrogens with zero attached hydrogens (tertiary/aromatic N) is 1. The van der Waals surface area contributed by atoms with Crippen LogP contribution in [0.3, 0.4) is 0 Å². The minimum atomic E-state index is -0.381. The van der Waals surface area contributed by atoms with Crippen LogP contribution in [0.1, 0.15) is 12.5 Å². The van der Waals surface area contributed by atoms with Gasteiger partial charge in [0, 0.05) is 18.7 Å². The van der Waals surface area contributed by atoms with Crippen molar-refractivity contribution in [1.29, 1.82) is 0 Å². The van der Waals surface area contributed by atoms with Crippen molar-refractivity contribution in [3.8, 4) is 0 Å². The number of benzene rings is 1.